The minimum Gasteiger partial charge on any atom is -0.491 e. The molecular formula is C28H47NO5. The second kappa shape index (κ2) is 12.8. The van der Waals surface area contributed by atoms with Gasteiger partial charge in [0.25, 0.3) is 0 Å². The van der Waals surface area contributed by atoms with Crippen LogP contribution in [0.15, 0.2) is 24.3 Å². The second-order valence-corrected chi connectivity index (χ2v) is 11.1. The van der Waals surface area contributed by atoms with Crippen molar-refractivity contribution in [3.8, 4) is 5.75 Å². The molecule has 194 valence electrons. The van der Waals surface area contributed by atoms with Crippen LogP contribution < -0.4 is 4.74 Å². The molecule has 0 aromatic heterocycles. The summed E-state index contributed by atoms with van der Waals surface area (Å²) in [5, 5.41) is 11.1. The number of aliphatic hydroxyl groups excluding tert-OH is 1. The van der Waals surface area contributed by atoms with E-state index in [1.807, 2.05) is 52.0 Å². The van der Waals surface area contributed by atoms with Crippen LogP contribution in [0.25, 0.3) is 0 Å². The lowest BCUT2D eigenvalue weighted by Gasteiger charge is -2.45. The van der Waals surface area contributed by atoms with E-state index in [4.69, 9.17) is 14.2 Å². The number of ether oxygens (including phenoxy) is 3. The molecule has 6 nitrogen and oxygen atoms in total. The fourth-order valence-corrected chi connectivity index (χ4v) is 5.06. The van der Waals surface area contributed by atoms with Crippen molar-refractivity contribution in [3.63, 3.8) is 0 Å². The van der Waals surface area contributed by atoms with E-state index in [9.17, 15) is 9.90 Å². The smallest absolute Gasteiger partial charge is 0.410 e. The van der Waals surface area contributed by atoms with Crippen molar-refractivity contribution in [2.75, 3.05) is 20.3 Å². The quantitative estimate of drug-likeness (QED) is 0.443. The highest BCUT2D eigenvalue weighted by Gasteiger charge is 2.42. The number of carbonyl (C=O) groups is 1. The maximum atomic E-state index is 13.4. The van der Waals surface area contributed by atoms with E-state index in [0.717, 1.165) is 19.3 Å². The van der Waals surface area contributed by atoms with Gasteiger partial charge in [-0.25, -0.2) is 4.79 Å². The second-order valence-electron chi connectivity index (χ2n) is 11.1. The van der Waals surface area contributed by atoms with Crippen molar-refractivity contribution < 1.29 is 24.1 Å². The zero-order chi connectivity index (χ0) is 25.5. The van der Waals surface area contributed by atoms with Gasteiger partial charge in [-0.05, 0) is 82.4 Å². The Hall–Kier alpha value is -1.79. The van der Waals surface area contributed by atoms with Gasteiger partial charge in [-0.1, -0.05) is 39.3 Å². The van der Waals surface area contributed by atoms with Crippen LogP contribution in [0.4, 0.5) is 4.79 Å². The molecule has 1 aromatic rings. The predicted molar refractivity (Wildman–Crippen MR) is 136 cm³/mol. The zero-order valence-corrected chi connectivity index (χ0v) is 22.5. The van der Waals surface area contributed by atoms with Gasteiger partial charge < -0.3 is 19.3 Å². The fourth-order valence-electron chi connectivity index (χ4n) is 5.06. The van der Waals surface area contributed by atoms with E-state index in [1.165, 1.54) is 12.0 Å². The minimum absolute atomic E-state index is 0.0794. The molecule has 34 heavy (non-hydrogen) atoms. The third-order valence-electron chi connectivity index (χ3n) is 7.29. The summed E-state index contributed by atoms with van der Waals surface area (Å²) in [6.45, 7) is 15.1. The summed E-state index contributed by atoms with van der Waals surface area (Å²) in [6.07, 6.45) is 2.68. The van der Waals surface area contributed by atoms with Gasteiger partial charge in [-0.3, -0.25) is 4.90 Å². The van der Waals surface area contributed by atoms with Crippen LogP contribution in [0.3, 0.4) is 0 Å². The largest absolute Gasteiger partial charge is 0.491 e. The van der Waals surface area contributed by atoms with Gasteiger partial charge in [0.1, 0.15) is 24.6 Å². The molecule has 1 aliphatic carbocycles. The van der Waals surface area contributed by atoms with Gasteiger partial charge in [0.05, 0.1) is 12.1 Å². The number of carbonyl (C=O) groups excluding carboxylic acids is 1. The van der Waals surface area contributed by atoms with Gasteiger partial charge in [0.2, 0.25) is 0 Å². The third-order valence-corrected chi connectivity index (χ3v) is 7.29. The number of benzene rings is 1. The number of aliphatic hydroxyl groups is 1. The highest BCUT2D eigenvalue weighted by molar-refractivity contribution is 5.69. The number of hydrogen-bond acceptors (Lipinski definition) is 5. The van der Waals surface area contributed by atoms with Gasteiger partial charge in [0, 0.05) is 13.2 Å². The molecule has 4 atom stereocenters. The molecule has 0 saturated heterocycles. The summed E-state index contributed by atoms with van der Waals surface area (Å²) < 4.78 is 17.1. The van der Waals surface area contributed by atoms with E-state index in [1.54, 1.807) is 12.0 Å². The molecule has 0 unspecified atom stereocenters. The molecule has 1 aliphatic rings. The average molecular weight is 478 g/mol. The number of amides is 1. The van der Waals surface area contributed by atoms with Gasteiger partial charge in [-0.2, -0.15) is 0 Å². The Morgan fingerprint density at radius 3 is 2.35 bits per heavy atom. The SMILES string of the molecule is COCCc1ccc(OC[C@H](O)C(C)(C)N(C(=O)O[C@@H]2C[C@H](C)CC[C@H]2C(C)C)C(C)C)cc1. The topological polar surface area (TPSA) is 68.2 Å². The first-order valence-corrected chi connectivity index (χ1v) is 12.9. The van der Waals surface area contributed by atoms with Crippen LogP contribution in [-0.2, 0) is 15.9 Å². The normalized spacial score (nSPS) is 22.0. The standard InChI is InChI=1S/C28H47NO5/c1-19(2)24-14-9-21(5)17-25(24)34-27(31)29(20(3)4)28(6,7)26(30)18-33-23-12-10-22(11-13-23)15-16-32-8/h10-13,19-21,24-26,30H,9,14-18H2,1-8H3/t21-,24+,25-,26+/m1/s1. The molecule has 1 fully saturated rings. The third kappa shape index (κ3) is 7.61. The van der Waals surface area contributed by atoms with Crippen molar-refractivity contribution in [2.45, 2.75) is 97.9 Å². The van der Waals surface area contributed by atoms with Gasteiger partial charge in [-0.15, -0.1) is 0 Å². The Morgan fingerprint density at radius 2 is 1.79 bits per heavy atom. The monoisotopic (exact) mass is 477 g/mol. The Labute approximate surface area is 207 Å². The molecule has 6 heteroatoms. The van der Waals surface area contributed by atoms with Crippen molar-refractivity contribution in [2.24, 2.45) is 17.8 Å². The van der Waals surface area contributed by atoms with Gasteiger partial charge >= 0.3 is 6.09 Å². The van der Waals surface area contributed by atoms with Crippen LogP contribution in [0, 0.1) is 17.8 Å². The lowest BCUT2D eigenvalue weighted by molar-refractivity contribution is -0.0648. The lowest BCUT2D eigenvalue weighted by Crippen LogP contribution is -2.60. The first-order valence-electron chi connectivity index (χ1n) is 12.9. The van der Waals surface area contributed by atoms with E-state index >= 15 is 0 Å². The van der Waals surface area contributed by atoms with Crippen molar-refractivity contribution in [1.82, 2.24) is 4.90 Å². The number of rotatable bonds is 11. The maximum absolute atomic E-state index is 13.4. The molecule has 0 spiro atoms. The molecule has 1 aromatic carbocycles. The molecular weight excluding hydrogens is 430 g/mol. The van der Waals surface area contributed by atoms with E-state index < -0.39 is 11.6 Å². The Kier molecular flexibility index (Phi) is 10.7. The van der Waals surface area contributed by atoms with Crippen LogP contribution >= 0.6 is 0 Å². The molecule has 1 amide bonds. The van der Waals surface area contributed by atoms with Crippen LogP contribution in [0.1, 0.15) is 73.3 Å². The number of methoxy groups -OCH3 is 1. The fraction of sp³-hybridized carbons (Fsp3) is 0.750. The predicted octanol–water partition coefficient (Wildman–Crippen LogP) is 5.70. The Bertz CT molecular complexity index is 746. The maximum Gasteiger partial charge on any atom is 0.410 e. The van der Waals surface area contributed by atoms with Crippen molar-refractivity contribution in [3.05, 3.63) is 29.8 Å². The van der Waals surface area contributed by atoms with E-state index in [2.05, 4.69) is 20.8 Å². The highest BCUT2D eigenvalue weighted by Crippen LogP contribution is 2.36. The van der Waals surface area contributed by atoms with Crippen molar-refractivity contribution >= 4 is 6.09 Å². The Morgan fingerprint density at radius 1 is 1.15 bits per heavy atom. The van der Waals surface area contributed by atoms with Crippen LogP contribution in [0.5, 0.6) is 5.75 Å². The summed E-state index contributed by atoms with van der Waals surface area (Å²) in [4.78, 5) is 15.1. The molecule has 0 radical (unpaired) electrons. The van der Waals surface area contributed by atoms with Crippen molar-refractivity contribution in [1.29, 1.82) is 0 Å². The molecule has 1 saturated carbocycles. The summed E-state index contributed by atoms with van der Waals surface area (Å²) in [6, 6.07) is 7.67. The molecule has 2 rings (SSSR count). The van der Waals surface area contributed by atoms with Crippen LogP contribution in [-0.4, -0.2) is 60.2 Å². The lowest BCUT2D eigenvalue weighted by atomic mass is 9.75. The first-order chi connectivity index (χ1) is 16.0. The molecule has 0 bridgehead atoms. The number of hydrogen-bond donors (Lipinski definition) is 1. The summed E-state index contributed by atoms with van der Waals surface area (Å²) in [7, 11) is 1.69. The zero-order valence-electron chi connectivity index (χ0n) is 22.5. The average Bonchev–Trinajstić information content (AvgIpc) is 2.76. The highest BCUT2D eigenvalue weighted by atomic mass is 16.6. The van der Waals surface area contributed by atoms with E-state index in [0.29, 0.717) is 30.1 Å². The summed E-state index contributed by atoms with van der Waals surface area (Å²) >= 11 is 0. The van der Waals surface area contributed by atoms with E-state index in [-0.39, 0.29) is 24.8 Å². The summed E-state index contributed by atoms with van der Waals surface area (Å²) in [5.74, 6) is 2.07. The van der Waals surface area contributed by atoms with Gasteiger partial charge in [0.15, 0.2) is 0 Å². The molecule has 0 heterocycles. The molecule has 1 N–H and O–H groups in total. The molecule has 0 aliphatic heterocycles. The first kappa shape index (κ1) is 28.4. The number of nitrogens with zero attached hydrogens (tertiary/aromatic N) is 1. The van der Waals surface area contributed by atoms with Crippen LogP contribution in [0.2, 0.25) is 0 Å². The Balaban J connectivity index is 2.05. The minimum atomic E-state index is -0.887. The summed E-state index contributed by atoms with van der Waals surface area (Å²) in [5.41, 5.74) is 0.303.